The molecule has 1 aliphatic heterocycles. The first-order valence-corrected chi connectivity index (χ1v) is 6.16. The first-order valence-electron chi connectivity index (χ1n) is 6.16. The Hall–Kier alpha value is -1.53. The van der Waals surface area contributed by atoms with Crippen LogP contribution in [-0.4, -0.2) is 37.6 Å². The summed E-state index contributed by atoms with van der Waals surface area (Å²) in [5, 5.41) is 8.80. The maximum atomic E-state index is 8.80. The highest BCUT2D eigenvalue weighted by Crippen LogP contribution is 2.20. The number of benzene rings is 1. The first-order chi connectivity index (χ1) is 8.20. The van der Waals surface area contributed by atoms with Gasteiger partial charge in [0.2, 0.25) is 0 Å². The molecule has 0 bridgehead atoms. The van der Waals surface area contributed by atoms with Gasteiger partial charge in [0.15, 0.2) is 0 Å². The largest absolute Gasteiger partial charge is 0.367 e. The number of nitriles is 1. The third kappa shape index (κ3) is 2.78. The topological polar surface area (TPSA) is 30.3 Å². The van der Waals surface area contributed by atoms with Crippen LogP contribution >= 0.6 is 0 Å². The second-order valence-electron chi connectivity index (χ2n) is 4.82. The Bertz CT molecular complexity index is 404. The van der Waals surface area contributed by atoms with E-state index in [1.165, 1.54) is 12.1 Å². The van der Waals surface area contributed by atoms with Crippen molar-refractivity contribution in [2.24, 2.45) is 0 Å². The summed E-state index contributed by atoms with van der Waals surface area (Å²) in [6.07, 6.45) is 1.20. The predicted octanol–water partition coefficient (Wildman–Crippen LogP) is 2.09. The lowest BCUT2D eigenvalue weighted by Gasteiger charge is -2.30. The predicted molar refractivity (Wildman–Crippen MR) is 70.1 cm³/mol. The number of nitrogens with zero attached hydrogens (tertiary/aromatic N) is 3. The number of hydrogen-bond acceptors (Lipinski definition) is 3. The average Bonchev–Trinajstić information content (AvgIpc) is 2.50. The molecule has 3 nitrogen and oxygen atoms in total. The van der Waals surface area contributed by atoms with Gasteiger partial charge in [-0.05, 0) is 51.2 Å². The lowest BCUT2D eigenvalue weighted by molar-refractivity contribution is 0.337. The normalized spacial score (nSPS) is 21.9. The van der Waals surface area contributed by atoms with Crippen LogP contribution in [0.4, 0.5) is 5.69 Å². The SMILES string of the molecule is CC1CN(C)CCCN1c1ccc(C#N)cc1. The molecule has 1 fully saturated rings. The Morgan fingerprint density at radius 3 is 2.59 bits per heavy atom. The van der Waals surface area contributed by atoms with Crippen LogP contribution in [0.1, 0.15) is 18.9 Å². The summed E-state index contributed by atoms with van der Waals surface area (Å²) >= 11 is 0. The summed E-state index contributed by atoms with van der Waals surface area (Å²) in [7, 11) is 2.18. The molecule has 0 spiro atoms. The smallest absolute Gasteiger partial charge is 0.0991 e. The molecule has 0 N–H and O–H groups in total. The molecular weight excluding hydrogens is 210 g/mol. The van der Waals surface area contributed by atoms with Crippen LogP contribution in [0.25, 0.3) is 0 Å². The van der Waals surface area contributed by atoms with Gasteiger partial charge in [-0.2, -0.15) is 5.26 Å². The van der Waals surface area contributed by atoms with E-state index in [0.717, 1.165) is 25.2 Å². The number of rotatable bonds is 1. The van der Waals surface area contributed by atoms with E-state index in [1.807, 2.05) is 12.1 Å². The molecule has 2 rings (SSSR count). The summed E-state index contributed by atoms with van der Waals surface area (Å²) in [6.45, 7) is 5.62. The fourth-order valence-electron chi connectivity index (χ4n) is 2.48. The molecule has 0 radical (unpaired) electrons. The lowest BCUT2D eigenvalue weighted by Crippen LogP contribution is -2.37. The summed E-state index contributed by atoms with van der Waals surface area (Å²) < 4.78 is 0. The maximum Gasteiger partial charge on any atom is 0.0991 e. The monoisotopic (exact) mass is 229 g/mol. The zero-order chi connectivity index (χ0) is 12.3. The van der Waals surface area contributed by atoms with E-state index in [-0.39, 0.29) is 0 Å². The minimum Gasteiger partial charge on any atom is -0.367 e. The van der Waals surface area contributed by atoms with Crippen LogP contribution in [0.5, 0.6) is 0 Å². The molecule has 0 saturated carbocycles. The Morgan fingerprint density at radius 2 is 1.94 bits per heavy atom. The second-order valence-corrected chi connectivity index (χ2v) is 4.82. The van der Waals surface area contributed by atoms with Crippen LogP contribution < -0.4 is 4.90 Å². The van der Waals surface area contributed by atoms with Gasteiger partial charge in [0.05, 0.1) is 11.6 Å². The summed E-state index contributed by atoms with van der Waals surface area (Å²) in [5.41, 5.74) is 1.96. The van der Waals surface area contributed by atoms with Crippen LogP contribution in [-0.2, 0) is 0 Å². The Balaban J connectivity index is 2.17. The van der Waals surface area contributed by atoms with Crippen molar-refractivity contribution in [3.05, 3.63) is 29.8 Å². The van der Waals surface area contributed by atoms with Crippen molar-refractivity contribution in [2.75, 3.05) is 31.6 Å². The van der Waals surface area contributed by atoms with Gasteiger partial charge in [0.1, 0.15) is 0 Å². The molecule has 17 heavy (non-hydrogen) atoms. The quantitative estimate of drug-likeness (QED) is 0.738. The Morgan fingerprint density at radius 1 is 1.24 bits per heavy atom. The highest BCUT2D eigenvalue weighted by molar-refractivity contribution is 5.50. The van der Waals surface area contributed by atoms with Crippen molar-refractivity contribution >= 4 is 5.69 Å². The van der Waals surface area contributed by atoms with Crippen molar-refractivity contribution < 1.29 is 0 Å². The molecule has 1 unspecified atom stereocenters. The number of anilines is 1. The van der Waals surface area contributed by atoms with Crippen LogP contribution in [0.15, 0.2) is 24.3 Å². The summed E-state index contributed by atoms with van der Waals surface area (Å²) in [5.74, 6) is 0. The van der Waals surface area contributed by atoms with E-state index < -0.39 is 0 Å². The minimum absolute atomic E-state index is 0.524. The molecule has 1 aromatic carbocycles. The van der Waals surface area contributed by atoms with Gasteiger partial charge in [0.25, 0.3) is 0 Å². The lowest BCUT2D eigenvalue weighted by atomic mass is 10.1. The van der Waals surface area contributed by atoms with Gasteiger partial charge >= 0.3 is 0 Å². The Labute approximate surface area is 103 Å². The third-order valence-electron chi connectivity index (χ3n) is 3.37. The highest BCUT2D eigenvalue weighted by atomic mass is 15.2. The Kier molecular flexibility index (Phi) is 3.65. The van der Waals surface area contributed by atoms with Crippen molar-refractivity contribution in [1.82, 2.24) is 4.90 Å². The molecule has 90 valence electrons. The molecule has 1 aliphatic rings. The van der Waals surface area contributed by atoms with Crippen LogP contribution in [0, 0.1) is 11.3 Å². The number of likely N-dealkylation sites (N-methyl/N-ethyl adjacent to an activating group) is 1. The average molecular weight is 229 g/mol. The van der Waals surface area contributed by atoms with Crippen LogP contribution in [0.2, 0.25) is 0 Å². The molecule has 1 saturated heterocycles. The van der Waals surface area contributed by atoms with Crippen molar-refractivity contribution in [3.63, 3.8) is 0 Å². The van der Waals surface area contributed by atoms with Gasteiger partial charge in [-0.15, -0.1) is 0 Å². The molecule has 0 aliphatic carbocycles. The number of hydrogen-bond donors (Lipinski definition) is 0. The highest BCUT2D eigenvalue weighted by Gasteiger charge is 2.19. The second kappa shape index (κ2) is 5.20. The zero-order valence-corrected chi connectivity index (χ0v) is 10.6. The molecule has 0 amide bonds. The molecule has 1 aromatic rings. The van der Waals surface area contributed by atoms with Gasteiger partial charge < -0.3 is 9.80 Å². The van der Waals surface area contributed by atoms with Crippen LogP contribution in [0.3, 0.4) is 0 Å². The van der Waals surface area contributed by atoms with E-state index in [4.69, 9.17) is 5.26 Å². The third-order valence-corrected chi connectivity index (χ3v) is 3.37. The van der Waals surface area contributed by atoms with Gasteiger partial charge in [0, 0.05) is 24.8 Å². The fourth-order valence-corrected chi connectivity index (χ4v) is 2.48. The van der Waals surface area contributed by atoms with E-state index in [0.29, 0.717) is 6.04 Å². The molecule has 1 heterocycles. The van der Waals surface area contributed by atoms with E-state index in [2.05, 4.69) is 42.0 Å². The van der Waals surface area contributed by atoms with E-state index >= 15 is 0 Å². The first kappa shape index (κ1) is 11.9. The van der Waals surface area contributed by atoms with Crippen molar-refractivity contribution in [2.45, 2.75) is 19.4 Å². The molecule has 0 aromatic heterocycles. The maximum absolute atomic E-state index is 8.80. The molecule has 1 atom stereocenters. The molecular formula is C14H19N3. The summed E-state index contributed by atoms with van der Waals surface area (Å²) in [6, 6.07) is 10.6. The van der Waals surface area contributed by atoms with Crippen molar-refractivity contribution in [1.29, 1.82) is 5.26 Å². The van der Waals surface area contributed by atoms with Gasteiger partial charge in [-0.25, -0.2) is 0 Å². The van der Waals surface area contributed by atoms with Gasteiger partial charge in [-0.1, -0.05) is 0 Å². The van der Waals surface area contributed by atoms with Crippen molar-refractivity contribution in [3.8, 4) is 6.07 Å². The zero-order valence-electron chi connectivity index (χ0n) is 10.6. The summed E-state index contributed by atoms with van der Waals surface area (Å²) in [4.78, 5) is 4.82. The van der Waals surface area contributed by atoms with E-state index in [9.17, 15) is 0 Å². The fraction of sp³-hybridized carbons (Fsp3) is 0.500. The van der Waals surface area contributed by atoms with E-state index in [1.54, 1.807) is 0 Å². The molecule has 3 heteroatoms. The minimum atomic E-state index is 0.524. The standard InChI is InChI=1S/C14H19N3/c1-12-11-16(2)8-3-9-17(12)14-6-4-13(10-15)5-7-14/h4-7,12H,3,8-9,11H2,1-2H3. The van der Waals surface area contributed by atoms with Gasteiger partial charge in [-0.3, -0.25) is 0 Å².